The summed E-state index contributed by atoms with van der Waals surface area (Å²) in [5, 5.41) is 21.6. The van der Waals surface area contributed by atoms with Crippen molar-refractivity contribution in [1.82, 2.24) is 65.1 Å². The third-order valence-electron chi connectivity index (χ3n) is 27.9. The first-order valence-corrected chi connectivity index (χ1v) is 49.9. The maximum atomic E-state index is 13.9. The number of piperidine rings is 2. The van der Waals surface area contributed by atoms with Crippen LogP contribution in [0.4, 0.5) is 49.1 Å². The number of anilines is 4. The number of aromatic nitrogens is 2. The van der Waals surface area contributed by atoms with Gasteiger partial charge in [0.15, 0.2) is 0 Å². The maximum Gasteiger partial charge on any atom is 0.417 e. The molecule has 33 nitrogen and oxygen atoms in total. The maximum absolute atomic E-state index is 13.9. The number of H-pyrrole nitrogens is 2. The highest BCUT2D eigenvalue weighted by Gasteiger charge is 2.48. The Balaban J connectivity index is 0.000000192. The summed E-state index contributed by atoms with van der Waals surface area (Å²) in [6.07, 6.45) is 5.09. The molecule has 10 N–H and O–H groups in total. The Hall–Kier alpha value is -13.4. The fraction of sp³-hybridized carbons (Fsp3) is 0.453. The molecule has 6 aromatic carbocycles. The average molecular weight is 2010 g/mol. The van der Waals surface area contributed by atoms with Gasteiger partial charge in [0.1, 0.15) is 12.1 Å². The van der Waals surface area contributed by atoms with Gasteiger partial charge in [-0.05, 0) is 159 Å². The minimum Gasteiger partial charge on any atom is -0.481 e. The molecule has 2 unspecified atom stereocenters. The molecule has 6 fully saturated rings. The number of halogens is 6. The van der Waals surface area contributed by atoms with Crippen molar-refractivity contribution in [3.8, 4) is 22.3 Å². The van der Waals surface area contributed by atoms with Crippen molar-refractivity contribution in [3.63, 3.8) is 0 Å². The number of benzene rings is 6. The molecular formula is C106H126F6N18O15. The summed E-state index contributed by atoms with van der Waals surface area (Å²) in [6, 6.07) is 37.0. The predicted molar refractivity (Wildman–Crippen MR) is 535 cm³/mol. The van der Waals surface area contributed by atoms with Crippen molar-refractivity contribution in [1.29, 1.82) is 0 Å². The zero-order valence-corrected chi connectivity index (χ0v) is 81.7. The van der Waals surface area contributed by atoms with Crippen LogP contribution in [-0.4, -0.2) is 282 Å². The van der Waals surface area contributed by atoms with E-state index in [4.69, 9.17) is 10.8 Å². The first kappa shape index (κ1) is 107. The molecule has 0 spiro atoms. The predicted octanol–water partition coefficient (Wildman–Crippen LogP) is 11.3. The molecule has 8 aliphatic rings. The van der Waals surface area contributed by atoms with E-state index in [1.165, 1.54) is 0 Å². The lowest BCUT2D eigenvalue weighted by Crippen LogP contribution is -2.54. The van der Waals surface area contributed by atoms with Crippen molar-refractivity contribution < 1.29 is 89.0 Å². The Kier molecular flexibility index (Phi) is 36.9. The molecule has 2 atom stereocenters. The Bertz CT molecular complexity index is 6180. The van der Waals surface area contributed by atoms with Crippen molar-refractivity contribution in [2.45, 2.75) is 166 Å². The summed E-state index contributed by atoms with van der Waals surface area (Å²) in [7, 11) is 4.05. The van der Waals surface area contributed by atoms with Crippen molar-refractivity contribution in [3.05, 3.63) is 233 Å². The Morgan fingerprint density at radius 1 is 0.421 bits per heavy atom. The van der Waals surface area contributed by atoms with Gasteiger partial charge in [0, 0.05) is 194 Å². The van der Waals surface area contributed by atoms with Crippen molar-refractivity contribution in [2.75, 3.05) is 165 Å². The Labute approximate surface area is 836 Å². The number of nitrogens with zero attached hydrogens (tertiary/aromatic N) is 10. The van der Waals surface area contributed by atoms with Crippen LogP contribution in [0.5, 0.6) is 0 Å². The monoisotopic (exact) mass is 2000 g/mol. The number of pyridine rings is 2. The largest absolute Gasteiger partial charge is 0.481 e. The SMILES string of the molecule is CN1CCN(c2ccc(-c3cccc(CN4CCN(CCN)CC4)c3)cc2NC(=O)c2c[nH]c(=O)cc2C(F)(F)F)CC1.CN1CCN(c2ccc(-c3cccc(CN4CCN(CCNC(=O)CCCCCCCCc5cccc6c5C(=O)N(C5CCC(=O)NC5=O)C6=O)CC4)c3)cc2NC(=O)c2c[nH]c(=O)cc2C(F)(F)F)CC1.O=C(O)CCCCCCCCc1cccc2c1C(=O)N(C1CCC(=O)NC1=O)C2=O. The van der Waals surface area contributed by atoms with Gasteiger partial charge < -0.3 is 56.4 Å². The van der Waals surface area contributed by atoms with Crippen LogP contribution in [0.15, 0.2) is 155 Å². The van der Waals surface area contributed by atoms with Crippen LogP contribution in [0.3, 0.4) is 0 Å². The van der Waals surface area contributed by atoms with E-state index >= 15 is 0 Å². The third-order valence-corrected chi connectivity index (χ3v) is 27.9. The number of nitrogens with two attached hydrogens (primary N) is 1. The molecule has 39 heteroatoms. The number of carbonyl (C=O) groups excluding carboxylic acids is 11. The molecule has 16 rings (SSSR count). The lowest BCUT2D eigenvalue weighted by Gasteiger charge is -2.35. The summed E-state index contributed by atoms with van der Waals surface area (Å²) in [6.45, 7) is 17.7. The summed E-state index contributed by atoms with van der Waals surface area (Å²) < 4.78 is 82.9. The standard InChI is InChI=1S/C53H62F3N9O7.C31H38F3N7O2.C22H26N2O6/c1-61-22-28-64(29-23-61)43-17-16-38(31-42(43)59-49(69)40-33-58-47(68)32-41(40)53(54,55)56)37-13-8-10-35(30-37)34-63-26-24-62(25-27-63)21-20-57-45(66)15-7-5-3-2-4-6-11-36-12-9-14-39-48(36)52(72)65(51(39)71)44-18-19-46(67)60-50(44)70;1-38-9-15-41(16-10-38)28-6-5-24(18-27(28)37-30(43)25-20-36-29(42)19-26(25)31(32,33)34)23-4-2-3-22(17-23)21-40-13-11-39(8-7-35)12-14-40;25-17-13-12-16(20(28)23-17)24-21(29)15-10-7-9-14(19(15)22(24)30)8-5-3-1-2-4-6-11-18(26)27/h8-10,12-14,16-17,30-33,44H,2-7,11,15,18-29,34H2,1H3,(H,57,66)(H,58,68)(H,59,69)(H,60,67,70);2-6,17-20H,7-16,21,35H2,1H3,(H,36,42)(H,37,43);7,9-10,16H,1-6,8,11-13H2,(H,26,27)(H,23,25,28). The van der Waals surface area contributed by atoms with Gasteiger partial charge in [0.2, 0.25) is 40.7 Å². The highest BCUT2D eigenvalue weighted by molar-refractivity contribution is 6.25. The Morgan fingerprint density at radius 3 is 1.20 bits per heavy atom. The van der Waals surface area contributed by atoms with E-state index in [-0.39, 0.29) is 38.0 Å². The second-order valence-electron chi connectivity index (χ2n) is 38.2. The smallest absolute Gasteiger partial charge is 0.417 e. The number of carboxylic acids is 1. The van der Waals surface area contributed by atoms with E-state index in [2.05, 4.69) is 100 Å². The highest BCUT2D eigenvalue weighted by atomic mass is 19.4. The number of rotatable bonds is 37. The lowest BCUT2D eigenvalue weighted by atomic mass is 9.97. The van der Waals surface area contributed by atoms with Crippen LogP contribution in [0, 0.1) is 0 Å². The normalized spacial score (nSPS) is 17.9. The van der Waals surface area contributed by atoms with Crippen molar-refractivity contribution in [2.24, 2.45) is 5.73 Å². The van der Waals surface area contributed by atoms with Crippen molar-refractivity contribution >= 4 is 93.7 Å². The van der Waals surface area contributed by atoms with Gasteiger partial charge in [0.05, 0.1) is 67.3 Å². The quantitative estimate of drug-likeness (QED) is 0.00992. The molecule has 0 radical (unpaired) electrons. The number of piperazine rings is 4. The van der Waals surface area contributed by atoms with Gasteiger partial charge in [-0.2, -0.15) is 26.3 Å². The average Bonchev–Trinajstić information content (AvgIpc) is 1.61. The van der Waals surface area contributed by atoms with Crippen LogP contribution >= 0.6 is 0 Å². The molecule has 8 aliphatic heterocycles. The molecule has 0 aliphatic carbocycles. The molecular weight excluding hydrogens is 1880 g/mol. The topological polar surface area (TPSA) is 409 Å². The number of fused-ring (bicyclic) bond motifs is 2. The molecule has 8 aromatic rings. The summed E-state index contributed by atoms with van der Waals surface area (Å²) in [4.78, 5) is 198. The van der Waals surface area contributed by atoms with Gasteiger partial charge in [-0.15, -0.1) is 0 Å². The number of aromatic amines is 2. The number of amides is 11. The van der Waals surface area contributed by atoms with E-state index < -0.39 is 123 Å². The van der Waals surface area contributed by atoms with Gasteiger partial charge in [-0.25, -0.2) is 0 Å². The number of unbranched alkanes of at least 4 members (excludes halogenated alkanes) is 10. The number of aryl methyl sites for hydroxylation is 2. The zero-order valence-electron chi connectivity index (χ0n) is 81.7. The van der Waals surface area contributed by atoms with Crippen LogP contribution in [0.2, 0.25) is 0 Å². The molecule has 772 valence electrons. The summed E-state index contributed by atoms with van der Waals surface area (Å²) >= 11 is 0. The molecule has 6 saturated heterocycles. The minimum absolute atomic E-state index is 0.0461. The number of likely N-dealkylation sites (N-methyl/N-ethyl adjacent to an activating group) is 2. The molecule has 145 heavy (non-hydrogen) atoms. The fourth-order valence-corrected chi connectivity index (χ4v) is 19.8. The molecule has 11 amide bonds. The van der Waals surface area contributed by atoms with Crippen LogP contribution in [0.1, 0.15) is 211 Å². The van der Waals surface area contributed by atoms with Gasteiger partial charge in [0.25, 0.3) is 35.4 Å². The summed E-state index contributed by atoms with van der Waals surface area (Å²) in [5.74, 6) is -6.59. The molecule has 0 bridgehead atoms. The van der Waals surface area contributed by atoms with Gasteiger partial charge in [-0.1, -0.05) is 124 Å². The lowest BCUT2D eigenvalue weighted by molar-refractivity contribution is -0.138. The van der Waals surface area contributed by atoms with E-state index in [0.29, 0.717) is 116 Å². The highest BCUT2D eigenvalue weighted by Crippen LogP contribution is 2.41. The molecule has 0 saturated carbocycles. The van der Waals surface area contributed by atoms with Crippen LogP contribution < -0.4 is 53.2 Å². The van der Waals surface area contributed by atoms with E-state index in [9.17, 15) is 93.5 Å². The third kappa shape index (κ3) is 28.4. The van der Waals surface area contributed by atoms with E-state index in [1.807, 2.05) is 80.8 Å². The van der Waals surface area contributed by atoms with E-state index in [1.54, 1.807) is 30.3 Å². The van der Waals surface area contributed by atoms with Gasteiger partial charge >= 0.3 is 18.3 Å². The minimum atomic E-state index is -4.90. The second kappa shape index (κ2) is 49.9. The summed E-state index contributed by atoms with van der Waals surface area (Å²) in [5.41, 5.74) is 10.8. The first-order valence-electron chi connectivity index (χ1n) is 49.9. The number of carboxylic acid groups (broad SMARTS) is 1. The Morgan fingerprint density at radius 2 is 0.800 bits per heavy atom. The van der Waals surface area contributed by atoms with Gasteiger partial charge in [-0.3, -0.25) is 107 Å². The number of nitrogens with one attached hydrogen (secondary N) is 7. The molecule has 10 heterocycles. The second-order valence-corrected chi connectivity index (χ2v) is 38.2. The number of hydrogen-bond donors (Lipinski definition) is 9. The number of imide groups is 4. The number of alkyl halides is 6. The van der Waals surface area contributed by atoms with E-state index in [0.717, 1.165) is 248 Å². The van der Waals surface area contributed by atoms with Crippen LogP contribution in [0.25, 0.3) is 22.3 Å². The molecule has 2 aromatic heterocycles. The number of carbonyl (C=O) groups is 12. The number of aliphatic carboxylic acids is 1. The first-order chi connectivity index (χ1) is 69.6. The fourth-order valence-electron chi connectivity index (χ4n) is 19.8. The van der Waals surface area contributed by atoms with Crippen LogP contribution in [-0.2, 0) is 67.1 Å². The number of hydrogen-bond acceptors (Lipinski definition) is 23. The zero-order chi connectivity index (χ0) is 103.